The summed E-state index contributed by atoms with van der Waals surface area (Å²) in [7, 11) is 0. The van der Waals surface area contributed by atoms with Crippen molar-refractivity contribution >= 4 is 31.5 Å². The molecule has 0 unspecified atom stereocenters. The van der Waals surface area contributed by atoms with E-state index in [1.165, 1.54) is 42.4 Å². The Balaban J connectivity index is 1.21. The van der Waals surface area contributed by atoms with Crippen LogP contribution in [0.4, 0.5) is 0 Å². The van der Waals surface area contributed by atoms with Gasteiger partial charge in [0, 0.05) is 36.9 Å². The van der Waals surface area contributed by atoms with Crippen molar-refractivity contribution in [1.82, 2.24) is 15.0 Å². The zero-order chi connectivity index (χ0) is 32.6. The zero-order valence-electron chi connectivity index (χ0n) is 26.5. The summed E-state index contributed by atoms with van der Waals surface area (Å²) >= 11 is 1.79. The SMILES string of the molecule is c1ccc(-c2ccc(-c3nc(-c4ccc(-c5ccccc5)cc4)nc(-c4cccc5c4sc4cccc(-c6ccccc6)c45)n3)cc2)cc1. The lowest BCUT2D eigenvalue weighted by atomic mass is 9.99. The van der Waals surface area contributed by atoms with Crippen LogP contribution in [0.25, 0.3) is 87.7 Å². The van der Waals surface area contributed by atoms with Gasteiger partial charge in [0.1, 0.15) is 0 Å². The highest BCUT2D eigenvalue weighted by Gasteiger charge is 2.18. The van der Waals surface area contributed by atoms with E-state index in [0.717, 1.165) is 27.8 Å². The van der Waals surface area contributed by atoms with Crippen molar-refractivity contribution in [2.24, 2.45) is 0 Å². The number of hydrogen-bond acceptors (Lipinski definition) is 4. The van der Waals surface area contributed by atoms with E-state index in [-0.39, 0.29) is 0 Å². The van der Waals surface area contributed by atoms with Crippen molar-refractivity contribution < 1.29 is 0 Å². The standard InChI is InChI=1S/C45H29N3S/c1-4-12-30(13-5-1)32-22-26-35(27-23-32)43-46-44(36-28-24-33(25-29-36)31-14-6-2-7-15-31)48-45(47-43)39-20-10-19-38-41-37(34-16-8-3-9-17-34)18-11-21-40(41)49-42(38)39/h1-29H. The molecule has 0 N–H and O–H groups in total. The van der Waals surface area contributed by atoms with E-state index in [4.69, 9.17) is 15.0 Å². The van der Waals surface area contributed by atoms with Gasteiger partial charge >= 0.3 is 0 Å². The smallest absolute Gasteiger partial charge is 0.165 e. The third-order valence-electron chi connectivity index (χ3n) is 8.98. The quantitative estimate of drug-likeness (QED) is 0.181. The molecule has 3 nitrogen and oxygen atoms in total. The van der Waals surface area contributed by atoms with Crippen LogP contribution < -0.4 is 0 Å². The number of hydrogen-bond donors (Lipinski definition) is 0. The van der Waals surface area contributed by atoms with Gasteiger partial charge in [0.2, 0.25) is 0 Å². The van der Waals surface area contributed by atoms with E-state index in [0.29, 0.717) is 17.5 Å². The van der Waals surface area contributed by atoms with Crippen molar-refractivity contribution in [3.8, 4) is 67.5 Å². The summed E-state index contributed by atoms with van der Waals surface area (Å²) in [5, 5.41) is 2.47. The van der Waals surface area contributed by atoms with Crippen molar-refractivity contribution in [1.29, 1.82) is 0 Å². The Morgan fingerprint density at radius 2 is 0.735 bits per heavy atom. The van der Waals surface area contributed by atoms with Crippen LogP contribution in [0.3, 0.4) is 0 Å². The van der Waals surface area contributed by atoms with Gasteiger partial charge in [0.25, 0.3) is 0 Å². The molecule has 230 valence electrons. The van der Waals surface area contributed by atoms with Crippen molar-refractivity contribution in [2.75, 3.05) is 0 Å². The first-order chi connectivity index (χ1) is 24.3. The molecule has 0 atom stereocenters. The van der Waals surface area contributed by atoms with E-state index in [2.05, 4.69) is 164 Å². The van der Waals surface area contributed by atoms with Gasteiger partial charge in [-0.2, -0.15) is 0 Å². The number of thiophene rings is 1. The summed E-state index contributed by atoms with van der Waals surface area (Å²) in [6.07, 6.45) is 0. The van der Waals surface area contributed by atoms with Crippen molar-refractivity contribution in [3.05, 3.63) is 176 Å². The first-order valence-corrected chi connectivity index (χ1v) is 17.2. The largest absolute Gasteiger partial charge is 0.208 e. The lowest BCUT2D eigenvalue weighted by Crippen LogP contribution is -2.00. The fourth-order valence-electron chi connectivity index (χ4n) is 6.52. The van der Waals surface area contributed by atoms with E-state index in [9.17, 15) is 0 Å². The van der Waals surface area contributed by atoms with E-state index in [1.54, 1.807) is 11.3 Å². The molecule has 0 aliphatic carbocycles. The summed E-state index contributed by atoms with van der Waals surface area (Å²) in [6.45, 7) is 0. The summed E-state index contributed by atoms with van der Waals surface area (Å²) in [5.74, 6) is 1.96. The molecule has 0 radical (unpaired) electrons. The Kier molecular flexibility index (Phi) is 7.34. The van der Waals surface area contributed by atoms with Crippen LogP contribution in [-0.2, 0) is 0 Å². The third kappa shape index (κ3) is 5.48. The molecule has 0 spiro atoms. The number of benzene rings is 7. The maximum Gasteiger partial charge on any atom is 0.165 e. The molecule has 7 aromatic carbocycles. The highest BCUT2D eigenvalue weighted by atomic mass is 32.1. The van der Waals surface area contributed by atoms with Crippen LogP contribution >= 0.6 is 11.3 Å². The Morgan fingerprint density at radius 1 is 0.306 bits per heavy atom. The monoisotopic (exact) mass is 643 g/mol. The number of nitrogens with zero attached hydrogens (tertiary/aromatic N) is 3. The van der Waals surface area contributed by atoms with Crippen LogP contribution in [0.1, 0.15) is 0 Å². The van der Waals surface area contributed by atoms with E-state index in [1.807, 2.05) is 12.1 Å². The average Bonchev–Trinajstić information content (AvgIpc) is 3.58. The lowest BCUT2D eigenvalue weighted by molar-refractivity contribution is 1.08. The molecule has 0 amide bonds. The van der Waals surface area contributed by atoms with Crippen LogP contribution in [0.5, 0.6) is 0 Å². The second-order valence-electron chi connectivity index (χ2n) is 12.0. The molecule has 0 aliphatic heterocycles. The van der Waals surface area contributed by atoms with E-state index < -0.39 is 0 Å². The molecule has 4 heteroatoms. The van der Waals surface area contributed by atoms with Crippen molar-refractivity contribution in [2.45, 2.75) is 0 Å². The van der Waals surface area contributed by atoms with Crippen LogP contribution in [0.2, 0.25) is 0 Å². The molecule has 9 aromatic rings. The molecule has 0 aliphatic rings. The predicted octanol–water partition coefficient (Wildman–Crippen LogP) is 12.2. The second kappa shape index (κ2) is 12.4. The fraction of sp³-hybridized carbons (Fsp3) is 0. The second-order valence-corrected chi connectivity index (χ2v) is 13.1. The number of aromatic nitrogens is 3. The molecule has 9 rings (SSSR count). The van der Waals surface area contributed by atoms with Crippen LogP contribution in [-0.4, -0.2) is 15.0 Å². The lowest BCUT2D eigenvalue weighted by Gasteiger charge is -2.10. The van der Waals surface area contributed by atoms with Gasteiger partial charge in [-0.05, 0) is 45.5 Å². The fourth-order valence-corrected chi connectivity index (χ4v) is 7.76. The van der Waals surface area contributed by atoms with Gasteiger partial charge in [-0.1, -0.05) is 164 Å². The molecule has 49 heavy (non-hydrogen) atoms. The number of fused-ring (bicyclic) bond motifs is 3. The molecule has 2 heterocycles. The first-order valence-electron chi connectivity index (χ1n) is 16.4. The first kappa shape index (κ1) is 29.0. The topological polar surface area (TPSA) is 38.7 Å². The average molecular weight is 644 g/mol. The molecular formula is C45H29N3S. The van der Waals surface area contributed by atoms with Gasteiger partial charge in [-0.25, -0.2) is 15.0 Å². The minimum atomic E-state index is 0.648. The molecule has 0 fully saturated rings. The Hall–Kier alpha value is -6.23. The highest BCUT2D eigenvalue weighted by Crippen LogP contribution is 2.43. The van der Waals surface area contributed by atoms with E-state index >= 15 is 0 Å². The molecular weight excluding hydrogens is 615 g/mol. The normalized spacial score (nSPS) is 11.3. The molecule has 0 bridgehead atoms. The van der Waals surface area contributed by atoms with Crippen molar-refractivity contribution in [3.63, 3.8) is 0 Å². The maximum atomic E-state index is 5.15. The minimum Gasteiger partial charge on any atom is -0.208 e. The zero-order valence-corrected chi connectivity index (χ0v) is 27.3. The van der Waals surface area contributed by atoms with Gasteiger partial charge in [-0.15, -0.1) is 11.3 Å². The molecule has 0 saturated carbocycles. The molecule has 0 saturated heterocycles. The van der Waals surface area contributed by atoms with Crippen LogP contribution in [0.15, 0.2) is 176 Å². The molecule has 2 aromatic heterocycles. The Morgan fingerprint density at radius 3 is 1.29 bits per heavy atom. The van der Waals surface area contributed by atoms with Crippen LogP contribution in [0, 0.1) is 0 Å². The Bertz CT molecular complexity index is 2460. The summed E-state index contributed by atoms with van der Waals surface area (Å²) < 4.78 is 2.41. The van der Waals surface area contributed by atoms with Gasteiger partial charge in [-0.3, -0.25) is 0 Å². The number of rotatable bonds is 6. The van der Waals surface area contributed by atoms with Gasteiger partial charge in [0.05, 0.1) is 0 Å². The predicted molar refractivity (Wildman–Crippen MR) is 205 cm³/mol. The van der Waals surface area contributed by atoms with Gasteiger partial charge in [0.15, 0.2) is 17.5 Å². The highest BCUT2D eigenvalue weighted by molar-refractivity contribution is 7.26. The Labute approximate surface area is 288 Å². The summed E-state index contributed by atoms with van der Waals surface area (Å²) in [5.41, 5.74) is 9.99. The van der Waals surface area contributed by atoms with Gasteiger partial charge < -0.3 is 0 Å². The maximum absolute atomic E-state index is 5.15. The third-order valence-corrected chi connectivity index (χ3v) is 10.2. The minimum absolute atomic E-state index is 0.648. The summed E-state index contributed by atoms with van der Waals surface area (Å²) in [6, 6.07) is 61.5. The summed E-state index contributed by atoms with van der Waals surface area (Å²) in [4.78, 5) is 15.4.